The van der Waals surface area contributed by atoms with Crippen LogP contribution in [-0.4, -0.2) is 36.3 Å². The number of nitrogens with zero attached hydrogens (tertiary/aromatic N) is 2. The number of para-hydroxylation sites is 1. The first-order valence-electron chi connectivity index (χ1n) is 13.9. The molecule has 10 heteroatoms. The molecule has 1 aliphatic rings. The van der Waals surface area contributed by atoms with Crippen molar-refractivity contribution in [2.45, 2.75) is 46.8 Å². The second kappa shape index (κ2) is 12.3. The van der Waals surface area contributed by atoms with Crippen LogP contribution < -0.4 is 19.6 Å². The number of aryl methyl sites for hydroxylation is 1. The lowest BCUT2D eigenvalue weighted by atomic mass is 9.95. The number of fused-ring (bicyclic) bond motifs is 1. The molecule has 1 atom stereocenters. The van der Waals surface area contributed by atoms with Gasteiger partial charge in [0.1, 0.15) is 23.3 Å². The number of thiazole rings is 1. The number of carbonyl (C=O) groups is 2. The van der Waals surface area contributed by atoms with Crippen molar-refractivity contribution in [2.24, 2.45) is 4.99 Å². The molecule has 0 unspecified atom stereocenters. The van der Waals surface area contributed by atoms with Gasteiger partial charge in [-0.05, 0) is 70.5 Å². The standard InChI is InChI=1S/C33H32N2O7S/c1-7-40-32(38)28-20(5)34-33-35(29(28)24-10-8-9-11-25(24)41-18(2)3)30(36)27(43-33)17-22-13-15-26(42-22)23-14-12-21(16-19(23)4)31(37)39-6/h8-18,29H,7H2,1-6H3/b27-17+/t29-/m1/s1. The van der Waals surface area contributed by atoms with E-state index in [0.29, 0.717) is 43.4 Å². The van der Waals surface area contributed by atoms with Gasteiger partial charge in [-0.3, -0.25) is 9.36 Å². The number of methoxy groups -OCH3 is 1. The van der Waals surface area contributed by atoms with Crippen LogP contribution >= 0.6 is 11.3 Å². The SMILES string of the molecule is CCOC(=O)C1=C(C)N=c2s/c(=C/c3ccc(-c4ccc(C(=O)OC)cc4C)o3)c(=O)n2[C@@H]1c1ccccc1OC(C)C. The van der Waals surface area contributed by atoms with Crippen molar-refractivity contribution in [3.63, 3.8) is 0 Å². The highest BCUT2D eigenvalue weighted by atomic mass is 32.1. The minimum absolute atomic E-state index is 0.124. The number of rotatable bonds is 8. The number of benzene rings is 2. The minimum atomic E-state index is -0.796. The zero-order chi connectivity index (χ0) is 30.8. The topological polar surface area (TPSA) is 109 Å². The third-order valence-corrected chi connectivity index (χ3v) is 7.89. The molecule has 1 aliphatic heterocycles. The summed E-state index contributed by atoms with van der Waals surface area (Å²) < 4.78 is 24.3. The van der Waals surface area contributed by atoms with Gasteiger partial charge in [0.25, 0.3) is 5.56 Å². The van der Waals surface area contributed by atoms with Crippen LogP contribution in [0.15, 0.2) is 80.1 Å². The maximum Gasteiger partial charge on any atom is 0.338 e. The molecule has 2 aromatic carbocycles. The van der Waals surface area contributed by atoms with Gasteiger partial charge in [-0.2, -0.15) is 0 Å². The van der Waals surface area contributed by atoms with Gasteiger partial charge in [-0.25, -0.2) is 14.6 Å². The lowest BCUT2D eigenvalue weighted by molar-refractivity contribution is -0.139. The van der Waals surface area contributed by atoms with Crippen LogP contribution in [0.5, 0.6) is 5.75 Å². The Morgan fingerprint density at radius 2 is 1.86 bits per heavy atom. The second-order valence-corrected chi connectivity index (χ2v) is 11.2. The van der Waals surface area contributed by atoms with Crippen LogP contribution in [-0.2, 0) is 14.3 Å². The Morgan fingerprint density at radius 3 is 2.56 bits per heavy atom. The van der Waals surface area contributed by atoms with Gasteiger partial charge < -0.3 is 18.6 Å². The number of hydrogen-bond donors (Lipinski definition) is 0. The van der Waals surface area contributed by atoms with E-state index in [1.165, 1.54) is 23.0 Å². The van der Waals surface area contributed by atoms with Crippen LogP contribution in [0, 0.1) is 6.92 Å². The summed E-state index contributed by atoms with van der Waals surface area (Å²) in [6.45, 7) is 9.38. The van der Waals surface area contributed by atoms with E-state index in [-0.39, 0.29) is 23.8 Å². The summed E-state index contributed by atoms with van der Waals surface area (Å²) in [6.07, 6.45) is 1.55. The Morgan fingerprint density at radius 1 is 1.09 bits per heavy atom. The van der Waals surface area contributed by atoms with E-state index in [2.05, 4.69) is 4.99 Å². The van der Waals surface area contributed by atoms with Crippen LogP contribution in [0.1, 0.15) is 61.0 Å². The fourth-order valence-electron chi connectivity index (χ4n) is 5.04. The normalized spacial score (nSPS) is 14.9. The number of ether oxygens (including phenoxy) is 3. The van der Waals surface area contributed by atoms with E-state index in [1.807, 2.05) is 51.1 Å². The molecule has 4 aromatic rings. The molecule has 0 bridgehead atoms. The molecule has 3 heterocycles. The van der Waals surface area contributed by atoms with Crippen molar-refractivity contribution in [3.8, 4) is 17.1 Å². The van der Waals surface area contributed by atoms with Crippen molar-refractivity contribution < 1.29 is 28.2 Å². The lowest BCUT2D eigenvalue weighted by Gasteiger charge is -2.26. The van der Waals surface area contributed by atoms with Crippen molar-refractivity contribution in [1.29, 1.82) is 0 Å². The first-order valence-corrected chi connectivity index (χ1v) is 14.7. The lowest BCUT2D eigenvalue weighted by Crippen LogP contribution is -2.40. The average Bonchev–Trinajstić information content (AvgIpc) is 3.55. The van der Waals surface area contributed by atoms with E-state index < -0.39 is 18.0 Å². The van der Waals surface area contributed by atoms with Crippen molar-refractivity contribution >= 4 is 29.4 Å². The second-order valence-electron chi connectivity index (χ2n) is 10.2. The van der Waals surface area contributed by atoms with Gasteiger partial charge in [0, 0.05) is 17.2 Å². The van der Waals surface area contributed by atoms with E-state index >= 15 is 0 Å². The Labute approximate surface area is 252 Å². The van der Waals surface area contributed by atoms with E-state index in [0.717, 1.165) is 11.1 Å². The summed E-state index contributed by atoms with van der Waals surface area (Å²) in [7, 11) is 1.34. The quantitative estimate of drug-likeness (QED) is 0.264. The van der Waals surface area contributed by atoms with Crippen molar-refractivity contribution in [2.75, 3.05) is 13.7 Å². The molecule has 0 radical (unpaired) electrons. The summed E-state index contributed by atoms with van der Waals surface area (Å²) in [5.74, 6) is 0.678. The fraction of sp³-hybridized carbons (Fsp3) is 0.273. The molecule has 5 rings (SSSR count). The third kappa shape index (κ3) is 5.83. The maximum absolute atomic E-state index is 14.0. The zero-order valence-corrected chi connectivity index (χ0v) is 25.6. The van der Waals surface area contributed by atoms with Crippen LogP contribution in [0.25, 0.3) is 17.4 Å². The minimum Gasteiger partial charge on any atom is -0.491 e. The Kier molecular flexibility index (Phi) is 8.50. The van der Waals surface area contributed by atoms with Gasteiger partial charge in [0.2, 0.25) is 0 Å². The number of hydrogen-bond acceptors (Lipinski definition) is 9. The van der Waals surface area contributed by atoms with Gasteiger partial charge >= 0.3 is 11.9 Å². The highest BCUT2D eigenvalue weighted by molar-refractivity contribution is 7.07. The Bertz CT molecular complexity index is 1930. The van der Waals surface area contributed by atoms with Gasteiger partial charge in [0.15, 0.2) is 4.80 Å². The van der Waals surface area contributed by atoms with E-state index in [9.17, 15) is 14.4 Å². The highest BCUT2D eigenvalue weighted by Crippen LogP contribution is 2.36. The van der Waals surface area contributed by atoms with E-state index in [4.69, 9.17) is 18.6 Å². The molecule has 0 saturated heterocycles. The summed E-state index contributed by atoms with van der Waals surface area (Å²) >= 11 is 1.21. The molecule has 0 spiro atoms. The number of allylic oxidation sites excluding steroid dienone is 1. The monoisotopic (exact) mass is 600 g/mol. The first-order chi connectivity index (χ1) is 20.6. The van der Waals surface area contributed by atoms with Crippen LogP contribution in [0.3, 0.4) is 0 Å². The fourth-order valence-corrected chi connectivity index (χ4v) is 6.07. The molecule has 0 saturated carbocycles. The number of esters is 2. The van der Waals surface area contributed by atoms with Crippen molar-refractivity contribution in [3.05, 3.63) is 108 Å². The summed E-state index contributed by atoms with van der Waals surface area (Å²) in [4.78, 5) is 44.3. The average molecular weight is 601 g/mol. The largest absolute Gasteiger partial charge is 0.491 e. The maximum atomic E-state index is 14.0. The number of furan rings is 1. The molecule has 43 heavy (non-hydrogen) atoms. The highest BCUT2D eigenvalue weighted by Gasteiger charge is 2.35. The van der Waals surface area contributed by atoms with Gasteiger partial charge in [-0.15, -0.1) is 0 Å². The molecule has 222 valence electrons. The summed E-state index contributed by atoms with van der Waals surface area (Å²) in [5, 5.41) is 0. The predicted octanol–water partition coefficient (Wildman–Crippen LogP) is 4.94. The third-order valence-electron chi connectivity index (χ3n) is 6.91. The predicted molar refractivity (Wildman–Crippen MR) is 163 cm³/mol. The molecule has 0 N–H and O–H groups in total. The molecule has 9 nitrogen and oxygen atoms in total. The molecule has 0 amide bonds. The first kappa shape index (κ1) is 29.8. The molecule has 0 fully saturated rings. The van der Waals surface area contributed by atoms with Gasteiger partial charge in [-0.1, -0.05) is 35.6 Å². The Balaban J connectivity index is 1.62. The zero-order valence-electron chi connectivity index (χ0n) is 24.8. The van der Waals surface area contributed by atoms with Crippen LogP contribution in [0.4, 0.5) is 0 Å². The number of carbonyl (C=O) groups excluding carboxylic acids is 2. The molecular formula is C33H32N2O7S. The summed E-state index contributed by atoms with van der Waals surface area (Å²) in [5.41, 5.74) is 3.20. The van der Waals surface area contributed by atoms with Gasteiger partial charge in [0.05, 0.1) is 41.2 Å². The molecule has 2 aromatic heterocycles. The molecular weight excluding hydrogens is 568 g/mol. The van der Waals surface area contributed by atoms with Crippen LogP contribution in [0.2, 0.25) is 0 Å². The van der Waals surface area contributed by atoms with Crippen molar-refractivity contribution in [1.82, 2.24) is 4.57 Å². The number of aromatic nitrogens is 1. The van der Waals surface area contributed by atoms with E-state index in [1.54, 1.807) is 44.2 Å². The Hall–Kier alpha value is -4.70. The smallest absolute Gasteiger partial charge is 0.338 e. The summed E-state index contributed by atoms with van der Waals surface area (Å²) in [6, 6.07) is 15.4. The molecule has 0 aliphatic carbocycles.